The smallest absolute Gasteiger partial charge is 0.121 e. The molecule has 0 aliphatic carbocycles. The number of hydrogen-bond donors (Lipinski definition) is 3. The molecule has 0 saturated heterocycles. The van der Waals surface area contributed by atoms with Crippen LogP contribution in [0.25, 0.3) is 0 Å². The van der Waals surface area contributed by atoms with Crippen molar-refractivity contribution in [2.24, 2.45) is 0 Å². The summed E-state index contributed by atoms with van der Waals surface area (Å²) in [5.74, 6) is 0.196. The van der Waals surface area contributed by atoms with Gasteiger partial charge in [0.1, 0.15) is 5.75 Å². The number of hydrogen-bond acceptors (Lipinski definition) is 4. The molecule has 1 unspecified atom stereocenters. The molecule has 0 aliphatic heterocycles. The van der Waals surface area contributed by atoms with Gasteiger partial charge in [-0.05, 0) is 50.5 Å². The molecule has 2 aromatic carbocycles. The molecule has 0 heterocycles. The number of aliphatic hydroxyl groups excluding tert-OH is 1. The average Bonchev–Trinajstić information content (AvgIpc) is 2.59. The van der Waals surface area contributed by atoms with Crippen LogP contribution in [-0.2, 0) is 17.8 Å². The summed E-state index contributed by atoms with van der Waals surface area (Å²) in [6.45, 7) is 7.54. The van der Waals surface area contributed by atoms with Gasteiger partial charge in [-0.25, -0.2) is 0 Å². The van der Waals surface area contributed by atoms with Crippen LogP contribution < -0.4 is 5.32 Å². The summed E-state index contributed by atoms with van der Waals surface area (Å²) in [6, 6.07) is 15.5. The number of phenols is 1. The largest absolute Gasteiger partial charge is 0.508 e. The Balaban J connectivity index is 0.00000338. The number of aliphatic hydroxyl groups is 1. The van der Waals surface area contributed by atoms with E-state index in [2.05, 4.69) is 31.3 Å². The molecule has 0 aromatic heterocycles. The van der Waals surface area contributed by atoms with Gasteiger partial charge in [0.15, 0.2) is 0 Å². The van der Waals surface area contributed by atoms with Gasteiger partial charge >= 0.3 is 0 Å². The van der Waals surface area contributed by atoms with Crippen LogP contribution in [0.2, 0.25) is 0 Å². The molecule has 2 rings (SSSR count). The van der Waals surface area contributed by atoms with Gasteiger partial charge in [-0.1, -0.05) is 36.4 Å². The van der Waals surface area contributed by atoms with E-state index in [9.17, 15) is 10.2 Å². The van der Waals surface area contributed by atoms with Gasteiger partial charge in [0.05, 0.1) is 12.7 Å². The highest BCUT2D eigenvalue weighted by molar-refractivity contribution is 5.85. The Bertz CT molecular complexity index is 662. The van der Waals surface area contributed by atoms with Crippen molar-refractivity contribution in [1.82, 2.24) is 5.32 Å². The second kappa shape index (κ2) is 10.5. The summed E-state index contributed by atoms with van der Waals surface area (Å²) in [7, 11) is 0. The Morgan fingerprint density at radius 2 is 1.81 bits per heavy atom. The van der Waals surface area contributed by atoms with E-state index < -0.39 is 6.10 Å². The van der Waals surface area contributed by atoms with Gasteiger partial charge in [-0.2, -0.15) is 0 Å². The minimum atomic E-state index is -0.643. The van der Waals surface area contributed by atoms with E-state index in [1.807, 2.05) is 31.2 Å². The van der Waals surface area contributed by atoms with Crippen LogP contribution in [0.15, 0.2) is 48.5 Å². The molecule has 0 amide bonds. The molecule has 1 atom stereocenters. The van der Waals surface area contributed by atoms with Crippen molar-refractivity contribution in [1.29, 1.82) is 0 Å². The first-order valence-corrected chi connectivity index (χ1v) is 8.78. The summed E-state index contributed by atoms with van der Waals surface area (Å²) in [6.07, 6.45) is 0.238. The standard InChI is InChI=1S/C21H29NO3.ClH/c1-4-25-15-18-12-17(10-11-19(18)23)20(24)14-22-21(2,3)13-16-8-6-5-7-9-16;/h5-12,20,22-24H,4,13-15H2,1-3H3;1H. The van der Waals surface area contributed by atoms with E-state index >= 15 is 0 Å². The third-order valence-corrected chi connectivity index (χ3v) is 4.21. The van der Waals surface area contributed by atoms with Crippen LogP contribution in [0, 0.1) is 0 Å². The topological polar surface area (TPSA) is 61.7 Å². The van der Waals surface area contributed by atoms with Crippen molar-refractivity contribution in [3.63, 3.8) is 0 Å². The molecule has 0 aliphatic rings. The van der Waals surface area contributed by atoms with E-state index in [1.54, 1.807) is 12.1 Å². The molecule has 0 spiro atoms. The lowest BCUT2D eigenvalue weighted by Crippen LogP contribution is -2.43. The highest BCUT2D eigenvalue weighted by Gasteiger charge is 2.20. The minimum Gasteiger partial charge on any atom is -0.508 e. The SMILES string of the molecule is CCOCc1cc(C(O)CNC(C)(C)Cc2ccccc2)ccc1O.Cl. The van der Waals surface area contributed by atoms with Crippen molar-refractivity contribution < 1.29 is 14.9 Å². The Hall–Kier alpha value is -1.59. The monoisotopic (exact) mass is 379 g/mol. The molecule has 26 heavy (non-hydrogen) atoms. The fourth-order valence-corrected chi connectivity index (χ4v) is 2.80. The van der Waals surface area contributed by atoms with E-state index in [-0.39, 0.29) is 23.7 Å². The zero-order chi connectivity index (χ0) is 18.3. The first kappa shape index (κ1) is 22.5. The summed E-state index contributed by atoms with van der Waals surface area (Å²) >= 11 is 0. The zero-order valence-electron chi connectivity index (χ0n) is 15.7. The summed E-state index contributed by atoms with van der Waals surface area (Å²) in [5.41, 5.74) is 2.60. The van der Waals surface area contributed by atoms with E-state index in [4.69, 9.17) is 4.74 Å². The van der Waals surface area contributed by atoms with E-state index in [0.29, 0.717) is 25.3 Å². The van der Waals surface area contributed by atoms with Crippen LogP contribution in [0.1, 0.15) is 43.6 Å². The molecule has 5 heteroatoms. The van der Waals surface area contributed by atoms with Crippen molar-refractivity contribution in [2.75, 3.05) is 13.2 Å². The number of nitrogens with one attached hydrogen (secondary N) is 1. The van der Waals surface area contributed by atoms with Crippen LogP contribution in [0.4, 0.5) is 0 Å². The number of phenolic OH excluding ortho intramolecular Hbond substituents is 1. The van der Waals surface area contributed by atoms with Crippen LogP contribution in [-0.4, -0.2) is 28.9 Å². The summed E-state index contributed by atoms with van der Waals surface area (Å²) in [4.78, 5) is 0. The molecule has 0 bridgehead atoms. The predicted octanol–water partition coefficient (Wildman–Crippen LogP) is 3.99. The maximum Gasteiger partial charge on any atom is 0.121 e. The lowest BCUT2D eigenvalue weighted by molar-refractivity contribution is 0.131. The van der Waals surface area contributed by atoms with Crippen molar-refractivity contribution in [2.45, 2.75) is 45.4 Å². The second-order valence-corrected chi connectivity index (χ2v) is 6.97. The molecule has 0 fully saturated rings. The maximum atomic E-state index is 10.5. The molecule has 2 aromatic rings. The number of ether oxygens (including phenoxy) is 1. The third kappa shape index (κ3) is 6.96. The molecule has 0 saturated carbocycles. The summed E-state index contributed by atoms with van der Waals surface area (Å²) in [5, 5.41) is 23.8. The van der Waals surface area contributed by atoms with Crippen LogP contribution in [0.3, 0.4) is 0 Å². The van der Waals surface area contributed by atoms with Gasteiger partial charge in [-0.3, -0.25) is 0 Å². The van der Waals surface area contributed by atoms with E-state index in [0.717, 1.165) is 12.0 Å². The van der Waals surface area contributed by atoms with Gasteiger partial charge in [0.25, 0.3) is 0 Å². The van der Waals surface area contributed by atoms with Gasteiger partial charge in [0, 0.05) is 24.3 Å². The van der Waals surface area contributed by atoms with Crippen molar-refractivity contribution in [3.8, 4) is 5.75 Å². The number of rotatable bonds is 9. The lowest BCUT2D eigenvalue weighted by Gasteiger charge is -2.28. The Morgan fingerprint density at radius 1 is 1.12 bits per heavy atom. The number of β-amino-alcohol motifs (C(OH)–C–C–N with tert-alkyl or cyclic N) is 1. The van der Waals surface area contributed by atoms with E-state index in [1.165, 1.54) is 5.56 Å². The highest BCUT2D eigenvalue weighted by atomic mass is 35.5. The van der Waals surface area contributed by atoms with Crippen LogP contribution in [0.5, 0.6) is 5.75 Å². The zero-order valence-corrected chi connectivity index (χ0v) is 16.6. The third-order valence-electron chi connectivity index (χ3n) is 4.21. The first-order chi connectivity index (χ1) is 11.9. The molecule has 0 radical (unpaired) electrons. The maximum absolute atomic E-state index is 10.5. The van der Waals surface area contributed by atoms with Crippen molar-refractivity contribution >= 4 is 12.4 Å². The molecule has 3 N–H and O–H groups in total. The fourth-order valence-electron chi connectivity index (χ4n) is 2.80. The number of halogens is 1. The predicted molar refractivity (Wildman–Crippen MR) is 108 cm³/mol. The van der Waals surface area contributed by atoms with Gasteiger partial charge in [0.2, 0.25) is 0 Å². The van der Waals surface area contributed by atoms with Crippen LogP contribution >= 0.6 is 12.4 Å². The lowest BCUT2D eigenvalue weighted by atomic mass is 9.94. The minimum absolute atomic E-state index is 0. The van der Waals surface area contributed by atoms with Gasteiger partial charge in [-0.15, -0.1) is 12.4 Å². The first-order valence-electron chi connectivity index (χ1n) is 8.78. The van der Waals surface area contributed by atoms with Gasteiger partial charge < -0.3 is 20.3 Å². The molecular formula is C21H30ClNO3. The second-order valence-electron chi connectivity index (χ2n) is 6.97. The average molecular weight is 380 g/mol. The normalized spacial score (nSPS) is 12.5. The number of aromatic hydroxyl groups is 1. The quantitative estimate of drug-likeness (QED) is 0.616. The molecule has 4 nitrogen and oxygen atoms in total. The Morgan fingerprint density at radius 3 is 2.46 bits per heavy atom. The summed E-state index contributed by atoms with van der Waals surface area (Å²) < 4.78 is 5.36. The fraction of sp³-hybridized carbons (Fsp3) is 0.429. The molecular weight excluding hydrogens is 350 g/mol. The molecule has 144 valence electrons. The highest BCUT2D eigenvalue weighted by Crippen LogP contribution is 2.23. The number of benzene rings is 2. The Kier molecular flexibility index (Phi) is 9.09. The van der Waals surface area contributed by atoms with Crippen molar-refractivity contribution in [3.05, 3.63) is 65.2 Å². The Labute approximate surface area is 162 Å².